The van der Waals surface area contributed by atoms with Gasteiger partial charge in [-0.3, -0.25) is 4.79 Å². The first-order valence-electron chi connectivity index (χ1n) is 9.59. The number of benzene rings is 1. The van der Waals surface area contributed by atoms with Gasteiger partial charge in [0.1, 0.15) is 11.3 Å². The number of carbonyl (C=O) groups is 1. The van der Waals surface area contributed by atoms with Gasteiger partial charge in [-0.1, -0.05) is 6.92 Å². The summed E-state index contributed by atoms with van der Waals surface area (Å²) < 4.78 is 7.33. The van der Waals surface area contributed by atoms with E-state index in [1.54, 1.807) is 12.5 Å². The molecule has 0 aliphatic carbocycles. The molecule has 0 saturated carbocycles. The van der Waals surface area contributed by atoms with Crippen molar-refractivity contribution < 1.29 is 9.53 Å². The third-order valence-corrected chi connectivity index (χ3v) is 5.31. The van der Waals surface area contributed by atoms with Crippen LogP contribution >= 0.6 is 0 Å². The van der Waals surface area contributed by atoms with Gasteiger partial charge in [-0.15, -0.1) is 0 Å². The first-order valence-corrected chi connectivity index (χ1v) is 9.59. The highest BCUT2D eigenvalue weighted by Crippen LogP contribution is 2.29. The summed E-state index contributed by atoms with van der Waals surface area (Å²) in [6, 6.07) is 7.97. The molecule has 1 aliphatic heterocycles. The molecule has 1 aliphatic rings. The largest absolute Gasteiger partial charge is 0.378 e. The molecule has 0 spiro atoms. The summed E-state index contributed by atoms with van der Waals surface area (Å²) in [6.45, 7) is 4.62. The third-order valence-electron chi connectivity index (χ3n) is 5.31. The maximum Gasteiger partial charge on any atom is 0.254 e. The van der Waals surface area contributed by atoms with E-state index in [4.69, 9.17) is 4.74 Å². The summed E-state index contributed by atoms with van der Waals surface area (Å²) in [6.07, 6.45) is 4.42. The molecule has 2 aromatic heterocycles. The number of hydrogen-bond acceptors (Lipinski definition) is 5. The number of pyridine rings is 1. The Kier molecular flexibility index (Phi) is 5.00. The number of nitrogens with zero attached hydrogens (tertiary/aromatic N) is 5. The lowest BCUT2D eigenvalue weighted by molar-refractivity contribution is 0.0303. The van der Waals surface area contributed by atoms with Crippen LogP contribution in [0.2, 0.25) is 0 Å². The standard InChI is InChI=1S/C21H25N5O2/c1-4-15-11-16(21(27)26-7-9-28-10-8-26)5-6-18(15)25(3)20-12-19-17(13-22-20)23-14-24(19)2/h5-6,11-14H,4,7-10H2,1-3H3. The van der Waals surface area contributed by atoms with Gasteiger partial charge in [-0.2, -0.15) is 0 Å². The number of hydrogen-bond donors (Lipinski definition) is 0. The van der Waals surface area contributed by atoms with Gasteiger partial charge in [0, 0.05) is 44.5 Å². The number of rotatable bonds is 4. The number of imidazole rings is 1. The summed E-state index contributed by atoms with van der Waals surface area (Å²) >= 11 is 0. The summed E-state index contributed by atoms with van der Waals surface area (Å²) in [5, 5.41) is 0. The van der Waals surface area contributed by atoms with Crippen molar-refractivity contribution >= 4 is 28.4 Å². The Morgan fingerprint density at radius 3 is 2.75 bits per heavy atom. The van der Waals surface area contributed by atoms with Crippen molar-refractivity contribution in [1.82, 2.24) is 19.4 Å². The van der Waals surface area contributed by atoms with Crippen LogP contribution in [0, 0.1) is 0 Å². The maximum atomic E-state index is 12.8. The molecule has 146 valence electrons. The molecule has 4 rings (SSSR count). The molecule has 1 fully saturated rings. The summed E-state index contributed by atoms with van der Waals surface area (Å²) in [7, 11) is 3.98. The van der Waals surface area contributed by atoms with Gasteiger partial charge in [-0.25, -0.2) is 9.97 Å². The molecule has 0 unspecified atom stereocenters. The normalized spacial score (nSPS) is 14.5. The fraction of sp³-hybridized carbons (Fsp3) is 0.381. The molecular weight excluding hydrogens is 354 g/mol. The molecular formula is C21H25N5O2. The lowest BCUT2D eigenvalue weighted by Gasteiger charge is -2.27. The van der Waals surface area contributed by atoms with Gasteiger partial charge in [0.15, 0.2) is 0 Å². The Balaban J connectivity index is 1.64. The molecule has 1 amide bonds. The minimum absolute atomic E-state index is 0.0710. The average molecular weight is 379 g/mol. The highest BCUT2D eigenvalue weighted by Gasteiger charge is 2.20. The number of fused-ring (bicyclic) bond motifs is 1. The molecule has 7 nitrogen and oxygen atoms in total. The molecule has 0 N–H and O–H groups in total. The fourth-order valence-corrected chi connectivity index (χ4v) is 3.60. The Morgan fingerprint density at radius 1 is 1.21 bits per heavy atom. The molecule has 0 atom stereocenters. The number of aromatic nitrogens is 3. The van der Waals surface area contributed by atoms with E-state index in [0.717, 1.165) is 40.1 Å². The van der Waals surface area contributed by atoms with Crippen molar-refractivity contribution in [2.45, 2.75) is 13.3 Å². The van der Waals surface area contributed by atoms with Crippen LogP contribution in [-0.2, 0) is 18.2 Å². The van der Waals surface area contributed by atoms with Crippen LogP contribution in [0.15, 0.2) is 36.8 Å². The number of ether oxygens (including phenoxy) is 1. The molecule has 3 heterocycles. The van der Waals surface area contributed by atoms with Crippen LogP contribution in [0.1, 0.15) is 22.8 Å². The average Bonchev–Trinajstić information content (AvgIpc) is 3.13. The first-order chi connectivity index (χ1) is 13.6. The van der Waals surface area contributed by atoms with Gasteiger partial charge >= 0.3 is 0 Å². The zero-order valence-corrected chi connectivity index (χ0v) is 16.6. The number of amides is 1. The van der Waals surface area contributed by atoms with Crippen LogP contribution in [-0.4, -0.2) is 58.7 Å². The van der Waals surface area contributed by atoms with Crippen molar-refractivity contribution in [3.63, 3.8) is 0 Å². The number of anilines is 2. The topological polar surface area (TPSA) is 63.5 Å². The fourth-order valence-electron chi connectivity index (χ4n) is 3.60. The van der Waals surface area contributed by atoms with E-state index in [0.29, 0.717) is 26.3 Å². The first kappa shape index (κ1) is 18.4. The SMILES string of the molecule is CCc1cc(C(=O)N2CCOCC2)ccc1N(C)c1cc2c(cn1)ncn2C. The molecule has 3 aromatic rings. The van der Waals surface area contributed by atoms with E-state index in [9.17, 15) is 4.79 Å². The van der Waals surface area contributed by atoms with Gasteiger partial charge in [-0.05, 0) is 30.2 Å². The van der Waals surface area contributed by atoms with E-state index >= 15 is 0 Å². The van der Waals surface area contributed by atoms with Crippen molar-refractivity contribution in [1.29, 1.82) is 0 Å². The molecule has 0 bridgehead atoms. The van der Waals surface area contributed by atoms with Gasteiger partial charge in [0.05, 0.1) is 31.3 Å². The Hall–Kier alpha value is -2.93. The predicted molar refractivity (Wildman–Crippen MR) is 109 cm³/mol. The van der Waals surface area contributed by atoms with E-state index in [1.165, 1.54) is 0 Å². The minimum Gasteiger partial charge on any atom is -0.378 e. The molecule has 1 saturated heterocycles. The zero-order valence-electron chi connectivity index (χ0n) is 16.6. The highest BCUT2D eigenvalue weighted by molar-refractivity contribution is 5.95. The number of carbonyl (C=O) groups excluding carboxylic acids is 1. The Bertz CT molecular complexity index is 1010. The van der Waals surface area contributed by atoms with Gasteiger partial charge < -0.3 is 19.1 Å². The molecule has 28 heavy (non-hydrogen) atoms. The van der Waals surface area contributed by atoms with Gasteiger partial charge in [0.25, 0.3) is 5.91 Å². The van der Waals surface area contributed by atoms with Gasteiger partial charge in [0.2, 0.25) is 0 Å². The summed E-state index contributed by atoms with van der Waals surface area (Å²) in [4.78, 5) is 25.6. The Morgan fingerprint density at radius 2 is 2.00 bits per heavy atom. The van der Waals surface area contributed by atoms with E-state index in [1.807, 2.05) is 47.8 Å². The van der Waals surface area contributed by atoms with E-state index < -0.39 is 0 Å². The van der Waals surface area contributed by atoms with Crippen molar-refractivity contribution in [3.8, 4) is 0 Å². The monoisotopic (exact) mass is 379 g/mol. The van der Waals surface area contributed by atoms with Crippen molar-refractivity contribution in [2.24, 2.45) is 7.05 Å². The molecule has 1 aromatic carbocycles. The van der Waals surface area contributed by atoms with E-state index in [-0.39, 0.29) is 5.91 Å². The summed E-state index contributed by atoms with van der Waals surface area (Å²) in [5.74, 6) is 0.916. The minimum atomic E-state index is 0.0710. The van der Waals surface area contributed by atoms with Crippen LogP contribution < -0.4 is 4.90 Å². The number of aryl methyl sites for hydroxylation is 2. The van der Waals surface area contributed by atoms with Crippen LogP contribution in [0.25, 0.3) is 11.0 Å². The molecule has 0 radical (unpaired) electrons. The summed E-state index contributed by atoms with van der Waals surface area (Å²) in [5.41, 5.74) is 4.81. The number of morpholine rings is 1. The second-order valence-corrected chi connectivity index (χ2v) is 7.05. The smallest absolute Gasteiger partial charge is 0.254 e. The lowest BCUT2D eigenvalue weighted by Crippen LogP contribution is -2.40. The van der Waals surface area contributed by atoms with Crippen LogP contribution in [0.5, 0.6) is 0 Å². The van der Waals surface area contributed by atoms with Crippen LogP contribution in [0.3, 0.4) is 0 Å². The third kappa shape index (κ3) is 3.33. The second-order valence-electron chi connectivity index (χ2n) is 7.05. The second kappa shape index (κ2) is 7.59. The Labute approximate surface area is 164 Å². The lowest BCUT2D eigenvalue weighted by atomic mass is 10.0. The quantitative estimate of drug-likeness (QED) is 0.697. The zero-order chi connectivity index (χ0) is 19.7. The van der Waals surface area contributed by atoms with Crippen LogP contribution in [0.4, 0.5) is 11.5 Å². The highest BCUT2D eigenvalue weighted by atomic mass is 16.5. The van der Waals surface area contributed by atoms with E-state index in [2.05, 4.69) is 21.8 Å². The van der Waals surface area contributed by atoms with Crippen molar-refractivity contribution in [2.75, 3.05) is 38.3 Å². The molecule has 7 heteroatoms. The maximum absolute atomic E-state index is 12.8. The predicted octanol–water partition coefficient (Wildman–Crippen LogP) is 2.77. The van der Waals surface area contributed by atoms with Crippen molar-refractivity contribution in [3.05, 3.63) is 47.9 Å².